The number of aromatic nitrogens is 7. The average molecular weight is 472 g/mol. The number of aromatic amines is 1. The summed E-state index contributed by atoms with van der Waals surface area (Å²) in [6.07, 6.45) is 14.3. The van der Waals surface area contributed by atoms with Crippen molar-refractivity contribution in [2.45, 2.75) is 77.3 Å². The van der Waals surface area contributed by atoms with E-state index >= 15 is 0 Å². The van der Waals surface area contributed by atoms with Gasteiger partial charge >= 0.3 is 5.69 Å². The summed E-state index contributed by atoms with van der Waals surface area (Å²) in [6, 6.07) is 12.4. The molecule has 8 heteroatoms. The standard InChI is InChI=1S/C27H33N7O/c1-2-3-5-12-23-19-34(22-10-6-4-7-11-22)27(35)33(23)18-21-16-15-20(17-28-21)24-13-8-9-14-25(24)26-29-31-32-30-26/h8-9,13-17,19,22H,2-7,10-12,18H2,1H3,(H,29,30,31,32). The zero-order valence-corrected chi connectivity index (χ0v) is 20.4. The lowest BCUT2D eigenvalue weighted by Crippen LogP contribution is -2.29. The Bertz CT molecular complexity index is 1280. The SMILES string of the molecule is CCCCCc1cn(C2CCCCC2)c(=O)n1Cc1ccc(-c2ccccc2-c2nnn[nH]2)cn1. The molecule has 8 nitrogen and oxygen atoms in total. The van der Waals surface area contributed by atoms with E-state index in [1.165, 1.54) is 32.1 Å². The van der Waals surface area contributed by atoms with E-state index in [1.807, 2.05) is 45.7 Å². The summed E-state index contributed by atoms with van der Waals surface area (Å²) in [5.74, 6) is 0.622. The number of H-pyrrole nitrogens is 1. The Labute approximate surface area is 205 Å². The van der Waals surface area contributed by atoms with Gasteiger partial charge in [0.2, 0.25) is 0 Å². The van der Waals surface area contributed by atoms with E-state index in [2.05, 4.69) is 39.8 Å². The van der Waals surface area contributed by atoms with Crippen LogP contribution in [0, 0.1) is 0 Å². The zero-order valence-electron chi connectivity index (χ0n) is 20.4. The van der Waals surface area contributed by atoms with Crippen LogP contribution in [-0.2, 0) is 13.0 Å². The Morgan fingerprint density at radius 3 is 2.57 bits per heavy atom. The molecule has 4 aromatic rings. The van der Waals surface area contributed by atoms with Gasteiger partial charge in [0.25, 0.3) is 0 Å². The zero-order chi connectivity index (χ0) is 24.0. The Hall–Kier alpha value is -3.55. The third kappa shape index (κ3) is 5.11. The minimum Gasteiger partial charge on any atom is -0.296 e. The number of unbranched alkanes of at least 4 members (excludes halogenated alkanes) is 2. The molecule has 182 valence electrons. The lowest BCUT2D eigenvalue weighted by molar-refractivity contribution is 0.344. The van der Waals surface area contributed by atoms with Crippen LogP contribution in [0.1, 0.15) is 75.7 Å². The smallest absolute Gasteiger partial charge is 0.296 e. The van der Waals surface area contributed by atoms with Gasteiger partial charge in [-0.25, -0.2) is 9.89 Å². The molecule has 1 fully saturated rings. The predicted octanol–water partition coefficient (Wildman–Crippen LogP) is 5.18. The number of tetrazole rings is 1. The molecule has 1 saturated carbocycles. The lowest BCUT2D eigenvalue weighted by Gasteiger charge is -2.22. The fraction of sp³-hybridized carbons (Fsp3) is 0.444. The van der Waals surface area contributed by atoms with Crippen LogP contribution in [0.5, 0.6) is 0 Å². The van der Waals surface area contributed by atoms with Crippen LogP contribution < -0.4 is 5.69 Å². The van der Waals surface area contributed by atoms with E-state index in [9.17, 15) is 4.79 Å². The fourth-order valence-corrected chi connectivity index (χ4v) is 5.15. The Morgan fingerprint density at radius 1 is 1.03 bits per heavy atom. The van der Waals surface area contributed by atoms with Gasteiger partial charge in [-0.05, 0) is 47.7 Å². The van der Waals surface area contributed by atoms with Crippen molar-refractivity contribution in [2.24, 2.45) is 0 Å². The van der Waals surface area contributed by atoms with E-state index < -0.39 is 0 Å². The molecule has 5 rings (SSSR count). The van der Waals surface area contributed by atoms with Gasteiger partial charge in [-0.1, -0.05) is 69.4 Å². The minimum atomic E-state index is 0.109. The Balaban J connectivity index is 1.41. The number of benzene rings is 1. The number of hydrogen-bond donors (Lipinski definition) is 1. The highest BCUT2D eigenvalue weighted by Crippen LogP contribution is 2.30. The molecule has 0 bridgehead atoms. The Morgan fingerprint density at radius 2 is 1.86 bits per heavy atom. The van der Waals surface area contributed by atoms with Crippen LogP contribution in [0.25, 0.3) is 22.5 Å². The van der Waals surface area contributed by atoms with Crippen LogP contribution >= 0.6 is 0 Å². The molecule has 0 spiro atoms. The van der Waals surface area contributed by atoms with Crippen LogP contribution in [0.15, 0.2) is 53.6 Å². The second-order valence-corrected chi connectivity index (χ2v) is 9.48. The van der Waals surface area contributed by atoms with Crippen LogP contribution in [0.3, 0.4) is 0 Å². The van der Waals surface area contributed by atoms with Crippen LogP contribution in [-0.4, -0.2) is 34.7 Å². The maximum absolute atomic E-state index is 13.5. The van der Waals surface area contributed by atoms with Gasteiger partial charge in [0, 0.05) is 35.3 Å². The molecule has 1 N–H and O–H groups in total. The molecule has 1 aliphatic rings. The van der Waals surface area contributed by atoms with Crippen molar-refractivity contribution in [2.75, 3.05) is 0 Å². The van der Waals surface area contributed by atoms with E-state index in [0.29, 0.717) is 18.4 Å². The first-order valence-electron chi connectivity index (χ1n) is 12.8. The number of nitrogens with one attached hydrogen (secondary N) is 1. The van der Waals surface area contributed by atoms with Crippen molar-refractivity contribution < 1.29 is 0 Å². The maximum atomic E-state index is 13.5. The van der Waals surface area contributed by atoms with Gasteiger partial charge in [0.15, 0.2) is 5.82 Å². The van der Waals surface area contributed by atoms with Crippen molar-refractivity contribution in [3.8, 4) is 22.5 Å². The molecular formula is C27H33N7O. The van der Waals surface area contributed by atoms with Crippen molar-refractivity contribution in [1.82, 2.24) is 34.7 Å². The molecular weight excluding hydrogens is 438 g/mol. The summed E-state index contributed by atoms with van der Waals surface area (Å²) in [6.45, 7) is 2.71. The monoisotopic (exact) mass is 471 g/mol. The van der Waals surface area contributed by atoms with Crippen LogP contribution in [0.4, 0.5) is 0 Å². The second-order valence-electron chi connectivity index (χ2n) is 9.48. The quantitative estimate of drug-likeness (QED) is 0.340. The summed E-state index contributed by atoms with van der Waals surface area (Å²) < 4.78 is 3.96. The first kappa shape index (κ1) is 23.2. The van der Waals surface area contributed by atoms with E-state index in [-0.39, 0.29) is 5.69 Å². The van der Waals surface area contributed by atoms with Gasteiger partial charge in [-0.3, -0.25) is 14.1 Å². The topological polar surface area (TPSA) is 94.3 Å². The van der Waals surface area contributed by atoms with Crippen LogP contribution in [0.2, 0.25) is 0 Å². The predicted molar refractivity (Wildman–Crippen MR) is 136 cm³/mol. The van der Waals surface area contributed by atoms with Crippen molar-refractivity contribution in [3.05, 3.63) is 70.7 Å². The highest BCUT2D eigenvalue weighted by atomic mass is 16.1. The molecule has 0 aliphatic heterocycles. The molecule has 3 heterocycles. The fourth-order valence-electron chi connectivity index (χ4n) is 5.15. The number of pyridine rings is 1. The lowest BCUT2D eigenvalue weighted by atomic mass is 9.95. The molecule has 35 heavy (non-hydrogen) atoms. The van der Waals surface area contributed by atoms with Crippen molar-refractivity contribution in [3.63, 3.8) is 0 Å². The van der Waals surface area contributed by atoms with Gasteiger partial charge in [-0.2, -0.15) is 0 Å². The summed E-state index contributed by atoms with van der Waals surface area (Å²) in [5, 5.41) is 14.3. The molecule has 0 atom stereocenters. The summed E-state index contributed by atoms with van der Waals surface area (Å²) in [7, 11) is 0. The van der Waals surface area contributed by atoms with Gasteiger partial charge < -0.3 is 0 Å². The third-order valence-corrected chi connectivity index (χ3v) is 7.07. The molecule has 0 radical (unpaired) electrons. The van der Waals surface area contributed by atoms with E-state index in [4.69, 9.17) is 4.98 Å². The largest absolute Gasteiger partial charge is 0.328 e. The summed E-state index contributed by atoms with van der Waals surface area (Å²) >= 11 is 0. The highest BCUT2D eigenvalue weighted by molar-refractivity contribution is 5.79. The van der Waals surface area contributed by atoms with E-state index in [1.54, 1.807) is 0 Å². The number of imidazole rings is 1. The number of rotatable bonds is 9. The first-order valence-corrected chi connectivity index (χ1v) is 12.8. The normalized spacial score (nSPS) is 14.4. The molecule has 1 aromatic carbocycles. The third-order valence-electron chi connectivity index (χ3n) is 7.07. The average Bonchev–Trinajstić information content (AvgIpc) is 3.55. The highest BCUT2D eigenvalue weighted by Gasteiger charge is 2.21. The molecule has 0 saturated heterocycles. The van der Waals surface area contributed by atoms with Gasteiger partial charge in [0.1, 0.15) is 0 Å². The summed E-state index contributed by atoms with van der Waals surface area (Å²) in [4.78, 5) is 18.2. The molecule has 0 unspecified atom stereocenters. The number of nitrogens with zero attached hydrogens (tertiary/aromatic N) is 6. The Kier molecular flexibility index (Phi) is 7.16. The van der Waals surface area contributed by atoms with E-state index in [0.717, 1.165) is 53.8 Å². The molecule has 3 aromatic heterocycles. The maximum Gasteiger partial charge on any atom is 0.328 e. The second kappa shape index (κ2) is 10.8. The number of hydrogen-bond acceptors (Lipinski definition) is 5. The minimum absolute atomic E-state index is 0.109. The van der Waals surface area contributed by atoms with Gasteiger partial charge in [-0.15, -0.1) is 5.10 Å². The van der Waals surface area contributed by atoms with Crippen molar-refractivity contribution in [1.29, 1.82) is 0 Å². The molecule has 1 aliphatic carbocycles. The van der Waals surface area contributed by atoms with Gasteiger partial charge in [0.05, 0.1) is 12.2 Å². The number of aryl methyl sites for hydroxylation is 1. The molecule has 0 amide bonds. The summed E-state index contributed by atoms with van der Waals surface area (Å²) in [5.41, 5.74) is 5.03. The van der Waals surface area contributed by atoms with Crippen molar-refractivity contribution >= 4 is 0 Å². The first-order chi connectivity index (χ1) is 17.2.